The lowest BCUT2D eigenvalue weighted by Crippen LogP contribution is -2.24. The van der Waals surface area contributed by atoms with Crippen LogP contribution in [0.3, 0.4) is 0 Å². The van der Waals surface area contributed by atoms with E-state index in [9.17, 15) is 4.79 Å². The fourth-order valence-corrected chi connectivity index (χ4v) is 4.14. The summed E-state index contributed by atoms with van der Waals surface area (Å²) in [5.41, 5.74) is 3.34. The summed E-state index contributed by atoms with van der Waals surface area (Å²) in [7, 11) is 0. The van der Waals surface area contributed by atoms with Crippen molar-refractivity contribution in [2.75, 3.05) is 5.75 Å². The van der Waals surface area contributed by atoms with E-state index < -0.39 is 0 Å². The largest absolute Gasteiger partial charge is 0.350 e. The molecule has 0 aliphatic heterocycles. The number of thioether (sulfide) groups is 1. The molecular weight excluding hydrogens is 350 g/mol. The quantitative estimate of drug-likeness (QED) is 0.661. The van der Waals surface area contributed by atoms with E-state index >= 15 is 0 Å². The lowest BCUT2D eigenvalue weighted by Gasteiger charge is -2.04. The number of nitrogens with zero attached hydrogens (tertiary/aromatic N) is 2. The summed E-state index contributed by atoms with van der Waals surface area (Å²) in [6, 6.07) is 12.0. The van der Waals surface area contributed by atoms with Gasteiger partial charge in [-0.3, -0.25) is 9.78 Å². The van der Waals surface area contributed by atoms with Gasteiger partial charge in [-0.25, -0.2) is 4.98 Å². The van der Waals surface area contributed by atoms with E-state index in [4.69, 9.17) is 0 Å². The number of pyridine rings is 1. The topological polar surface area (TPSA) is 54.9 Å². The Morgan fingerprint density at radius 2 is 1.92 bits per heavy atom. The molecule has 0 atom stereocenters. The van der Waals surface area contributed by atoms with Gasteiger partial charge in [-0.05, 0) is 31.5 Å². The maximum absolute atomic E-state index is 12.1. The first-order valence-electron chi connectivity index (χ1n) is 7.95. The van der Waals surface area contributed by atoms with E-state index in [0.717, 1.165) is 26.0 Å². The minimum Gasteiger partial charge on any atom is -0.350 e. The zero-order valence-corrected chi connectivity index (χ0v) is 15.8. The number of amides is 1. The number of hydrogen-bond donors (Lipinski definition) is 1. The summed E-state index contributed by atoms with van der Waals surface area (Å²) in [4.78, 5) is 22.8. The molecule has 0 aliphatic carbocycles. The third-order valence-corrected chi connectivity index (χ3v) is 5.94. The number of carbonyl (C=O) groups excluding carboxylic acids is 1. The number of hydrogen-bond acceptors (Lipinski definition) is 5. The van der Waals surface area contributed by atoms with Crippen LogP contribution >= 0.6 is 23.1 Å². The van der Waals surface area contributed by atoms with E-state index in [2.05, 4.69) is 34.3 Å². The normalized spacial score (nSPS) is 10.6. The van der Waals surface area contributed by atoms with Crippen LogP contribution in [0.2, 0.25) is 0 Å². The van der Waals surface area contributed by atoms with Crippen LogP contribution in [-0.4, -0.2) is 21.6 Å². The summed E-state index contributed by atoms with van der Waals surface area (Å²) in [6.45, 7) is 4.60. The van der Waals surface area contributed by atoms with Gasteiger partial charge in [0.05, 0.1) is 18.0 Å². The van der Waals surface area contributed by atoms with Crippen molar-refractivity contribution in [2.45, 2.75) is 25.3 Å². The molecule has 2 heterocycles. The highest BCUT2D eigenvalue weighted by molar-refractivity contribution is 8.00. The number of rotatable bonds is 6. The second-order valence-electron chi connectivity index (χ2n) is 5.59. The van der Waals surface area contributed by atoms with Crippen LogP contribution in [0.4, 0.5) is 0 Å². The molecule has 6 heteroatoms. The van der Waals surface area contributed by atoms with Crippen molar-refractivity contribution in [2.24, 2.45) is 0 Å². The molecule has 0 bridgehead atoms. The van der Waals surface area contributed by atoms with Crippen molar-refractivity contribution in [1.82, 2.24) is 15.3 Å². The van der Waals surface area contributed by atoms with Crippen molar-refractivity contribution in [1.29, 1.82) is 0 Å². The molecule has 0 saturated heterocycles. The van der Waals surface area contributed by atoms with Gasteiger partial charge in [-0.2, -0.15) is 0 Å². The SMILES string of the molecule is Cc1ccccc1-c1nc(C)c(CNC(=O)CSc2ccncc2)s1. The average Bonchev–Trinajstić information content (AvgIpc) is 3.00. The predicted octanol–water partition coefficient (Wildman–Crippen LogP) is 4.23. The van der Waals surface area contributed by atoms with E-state index in [1.54, 1.807) is 23.7 Å². The summed E-state index contributed by atoms with van der Waals surface area (Å²) >= 11 is 3.15. The zero-order valence-electron chi connectivity index (χ0n) is 14.2. The van der Waals surface area contributed by atoms with Gasteiger partial charge in [0.25, 0.3) is 0 Å². The third kappa shape index (κ3) is 4.67. The second kappa shape index (κ2) is 8.27. The number of thiazole rings is 1. The summed E-state index contributed by atoms with van der Waals surface area (Å²) < 4.78 is 0. The summed E-state index contributed by atoms with van der Waals surface area (Å²) in [5, 5.41) is 3.99. The molecule has 25 heavy (non-hydrogen) atoms. The van der Waals surface area contributed by atoms with Gasteiger partial charge in [-0.15, -0.1) is 23.1 Å². The molecule has 3 aromatic rings. The Hall–Kier alpha value is -2.18. The van der Waals surface area contributed by atoms with Crippen LogP contribution in [0.5, 0.6) is 0 Å². The Balaban J connectivity index is 1.58. The Morgan fingerprint density at radius 3 is 2.68 bits per heavy atom. The minimum atomic E-state index is 0.0204. The Kier molecular flexibility index (Phi) is 5.83. The van der Waals surface area contributed by atoms with Crippen LogP contribution in [-0.2, 0) is 11.3 Å². The van der Waals surface area contributed by atoms with Crippen LogP contribution in [0.25, 0.3) is 10.6 Å². The highest BCUT2D eigenvalue weighted by Crippen LogP contribution is 2.30. The molecule has 1 aromatic carbocycles. The van der Waals surface area contributed by atoms with E-state index in [1.807, 2.05) is 31.2 Å². The Labute approximate surface area is 155 Å². The van der Waals surface area contributed by atoms with Gasteiger partial charge in [-0.1, -0.05) is 24.3 Å². The Morgan fingerprint density at radius 1 is 1.16 bits per heavy atom. The number of carbonyl (C=O) groups is 1. The van der Waals surface area contributed by atoms with Crippen LogP contribution in [0, 0.1) is 13.8 Å². The monoisotopic (exact) mass is 369 g/mol. The fraction of sp³-hybridized carbons (Fsp3) is 0.211. The van der Waals surface area contributed by atoms with Gasteiger partial charge < -0.3 is 5.32 Å². The van der Waals surface area contributed by atoms with Gasteiger partial charge in [0.2, 0.25) is 5.91 Å². The number of benzene rings is 1. The van der Waals surface area contributed by atoms with E-state index in [1.165, 1.54) is 17.3 Å². The smallest absolute Gasteiger partial charge is 0.230 e. The highest BCUT2D eigenvalue weighted by Gasteiger charge is 2.12. The van der Waals surface area contributed by atoms with Crippen molar-refractivity contribution in [3.05, 3.63) is 64.9 Å². The molecule has 0 spiro atoms. The molecule has 0 fully saturated rings. The number of aryl methyl sites for hydroxylation is 2. The molecule has 1 amide bonds. The summed E-state index contributed by atoms with van der Waals surface area (Å²) in [5.74, 6) is 0.416. The predicted molar refractivity (Wildman–Crippen MR) is 104 cm³/mol. The zero-order chi connectivity index (χ0) is 17.6. The lowest BCUT2D eigenvalue weighted by atomic mass is 10.1. The van der Waals surface area contributed by atoms with Crippen molar-refractivity contribution >= 4 is 29.0 Å². The fourth-order valence-electron chi connectivity index (χ4n) is 2.33. The average molecular weight is 370 g/mol. The van der Waals surface area contributed by atoms with Crippen molar-refractivity contribution < 1.29 is 4.79 Å². The molecular formula is C19H19N3OS2. The standard InChI is InChI=1S/C19H19N3OS2/c1-13-5-3-4-6-16(13)19-22-14(2)17(25-19)11-21-18(23)12-24-15-7-9-20-10-8-15/h3-10H,11-12H2,1-2H3,(H,21,23). The Bertz CT molecular complexity index is 862. The van der Waals surface area contributed by atoms with E-state index in [0.29, 0.717) is 12.3 Å². The molecule has 0 saturated carbocycles. The molecule has 2 aromatic heterocycles. The molecule has 1 N–H and O–H groups in total. The first-order valence-corrected chi connectivity index (χ1v) is 9.75. The van der Waals surface area contributed by atoms with Crippen LogP contribution in [0.15, 0.2) is 53.7 Å². The first-order chi connectivity index (χ1) is 12.1. The molecule has 0 unspecified atom stereocenters. The third-order valence-electron chi connectivity index (χ3n) is 3.73. The van der Waals surface area contributed by atoms with E-state index in [-0.39, 0.29) is 5.91 Å². The first kappa shape index (κ1) is 17.6. The van der Waals surface area contributed by atoms with Gasteiger partial charge in [0.15, 0.2) is 0 Å². The molecule has 0 aliphatic rings. The van der Waals surface area contributed by atoms with Gasteiger partial charge >= 0.3 is 0 Å². The summed E-state index contributed by atoms with van der Waals surface area (Å²) in [6.07, 6.45) is 3.46. The van der Waals surface area contributed by atoms with Crippen LogP contribution < -0.4 is 5.32 Å². The maximum Gasteiger partial charge on any atom is 0.230 e. The lowest BCUT2D eigenvalue weighted by molar-refractivity contribution is -0.118. The number of nitrogens with one attached hydrogen (secondary N) is 1. The second-order valence-corrected chi connectivity index (χ2v) is 7.72. The highest BCUT2D eigenvalue weighted by atomic mass is 32.2. The van der Waals surface area contributed by atoms with Gasteiger partial charge in [0.1, 0.15) is 5.01 Å². The molecule has 4 nitrogen and oxygen atoms in total. The molecule has 128 valence electrons. The minimum absolute atomic E-state index is 0.0204. The number of aromatic nitrogens is 2. The van der Waals surface area contributed by atoms with Crippen molar-refractivity contribution in [3.63, 3.8) is 0 Å². The molecule has 0 radical (unpaired) electrons. The molecule has 3 rings (SSSR count). The van der Waals surface area contributed by atoms with Crippen LogP contribution in [0.1, 0.15) is 16.1 Å². The van der Waals surface area contributed by atoms with Crippen molar-refractivity contribution in [3.8, 4) is 10.6 Å². The maximum atomic E-state index is 12.1. The van der Waals surface area contributed by atoms with Gasteiger partial charge in [0, 0.05) is 27.7 Å².